The molecule has 0 saturated heterocycles. The summed E-state index contributed by atoms with van der Waals surface area (Å²) in [5.74, 6) is 1.45. The molecule has 2 aromatic rings. The van der Waals surface area contributed by atoms with Gasteiger partial charge < -0.3 is 14.8 Å². The van der Waals surface area contributed by atoms with E-state index in [0.29, 0.717) is 23.9 Å². The van der Waals surface area contributed by atoms with Crippen LogP contribution in [0.5, 0.6) is 11.5 Å². The summed E-state index contributed by atoms with van der Waals surface area (Å²) in [6.07, 6.45) is 0.944. The third-order valence-corrected chi connectivity index (χ3v) is 3.88. The molecule has 2 rings (SSSR count). The lowest BCUT2D eigenvalue weighted by Crippen LogP contribution is -2.18. The number of hydrogen-bond acceptors (Lipinski definition) is 3. The van der Waals surface area contributed by atoms with Crippen LogP contribution in [0.2, 0.25) is 5.02 Å². The maximum Gasteiger partial charge on any atom is 0.165 e. The Morgan fingerprint density at radius 3 is 2.57 bits per heavy atom. The second-order valence-electron chi connectivity index (χ2n) is 5.46. The maximum absolute atomic E-state index is 6.20. The average molecular weight is 334 g/mol. The van der Waals surface area contributed by atoms with E-state index in [4.69, 9.17) is 21.1 Å². The van der Waals surface area contributed by atoms with Gasteiger partial charge in [0.05, 0.1) is 13.7 Å². The Labute approximate surface area is 143 Å². The molecule has 0 amide bonds. The number of nitrogens with one attached hydrogen (secondary N) is 1. The van der Waals surface area contributed by atoms with Crippen LogP contribution in [0.4, 0.5) is 0 Å². The largest absolute Gasteiger partial charge is 0.493 e. The lowest BCUT2D eigenvalue weighted by molar-refractivity contribution is 0.290. The summed E-state index contributed by atoms with van der Waals surface area (Å²) in [6, 6.07) is 14.3. The lowest BCUT2D eigenvalue weighted by atomic mass is 10.1. The van der Waals surface area contributed by atoms with Crippen molar-refractivity contribution in [3.63, 3.8) is 0 Å². The SMILES string of the molecule is CCCOc1c(CN[C@@H](C)c2ccccc2)cc(Cl)cc1OC. The molecule has 0 radical (unpaired) electrons. The Morgan fingerprint density at radius 2 is 1.91 bits per heavy atom. The predicted octanol–water partition coefficient (Wildman–Crippen LogP) is 4.99. The summed E-state index contributed by atoms with van der Waals surface area (Å²) in [7, 11) is 1.63. The standard InChI is InChI=1S/C19H24ClNO2/c1-4-10-23-19-16(11-17(20)12-18(19)22-3)13-21-14(2)15-8-6-5-7-9-15/h5-9,11-12,14,21H,4,10,13H2,1-3H3/t14-/m0/s1. The van der Waals surface area contributed by atoms with E-state index in [0.717, 1.165) is 17.7 Å². The molecule has 0 spiro atoms. The molecular formula is C19H24ClNO2. The first-order chi connectivity index (χ1) is 11.2. The first kappa shape index (κ1) is 17.6. The van der Waals surface area contributed by atoms with Gasteiger partial charge in [0, 0.05) is 29.2 Å². The summed E-state index contributed by atoms with van der Waals surface area (Å²) in [4.78, 5) is 0. The van der Waals surface area contributed by atoms with E-state index >= 15 is 0 Å². The number of rotatable bonds is 8. The topological polar surface area (TPSA) is 30.5 Å². The molecule has 1 atom stereocenters. The molecule has 0 fully saturated rings. The van der Waals surface area contributed by atoms with Crippen LogP contribution in [0.15, 0.2) is 42.5 Å². The second kappa shape index (κ2) is 8.80. The van der Waals surface area contributed by atoms with Gasteiger partial charge in [-0.3, -0.25) is 0 Å². The number of methoxy groups -OCH3 is 1. The molecule has 4 heteroatoms. The summed E-state index contributed by atoms with van der Waals surface area (Å²) in [5, 5.41) is 4.16. The predicted molar refractivity (Wildman–Crippen MR) is 95.5 cm³/mol. The van der Waals surface area contributed by atoms with E-state index < -0.39 is 0 Å². The Bertz CT molecular complexity index is 616. The van der Waals surface area contributed by atoms with Gasteiger partial charge in [0.1, 0.15) is 0 Å². The monoisotopic (exact) mass is 333 g/mol. The van der Waals surface area contributed by atoms with Gasteiger partial charge in [-0.05, 0) is 25.0 Å². The fraction of sp³-hybridized carbons (Fsp3) is 0.368. The van der Waals surface area contributed by atoms with Crippen LogP contribution in [-0.4, -0.2) is 13.7 Å². The van der Waals surface area contributed by atoms with Crippen molar-refractivity contribution in [1.82, 2.24) is 5.32 Å². The van der Waals surface area contributed by atoms with Gasteiger partial charge in [0.15, 0.2) is 11.5 Å². The Balaban J connectivity index is 2.16. The van der Waals surface area contributed by atoms with Crippen LogP contribution in [0.3, 0.4) is 0 Å². The van der Waals surface area contributed by atoms with Gasteiger partial charge in [-0.15, -0.1) is 0 Å². The first-order valence-electron chi connectivity index (χ1n) is 7.93. The van der Waals surface area contributed by atoms with Crippen molar-refractivity contribution in [1.29, 1.82) is 0 Å². The fourth-order valence-electron chi connectivity index (χ4n) is 2.40. The highest BCUT2D eigenvalue weighted by Gasteiger charge is 2.14. The third kappa shape index (κ3) is 4.88. The quantitative estimate of drug-likeness (QED) is 0.738. The van der Waals surface area contributed by atoms with Gasteiger partial charge in [-0.25, -0.2) is 0 Å². The van der Waals surface area contributed by atoms with Crippen LogP contribution in [0, 0.1) is 0 Å². The minimum Gasteiger partial charge on any atom is -0.493 e. The van der Waals surface area contributed by atoms with Crippen molar-refractivity contribution in [2.24, 2.45) is 0 Å². The van der Waals surface area contributed by atoms with Crippen LogP contribution >= 0.6 is 11.6 Å². The highest BCUT2D eigenvalue weighted by atomic mass is 35.5. The zero-order valence-electron chi connectivity index (χ0n) is 13.9. The summed E-state index contributed by atoms with van der Waals surface area (Å²) in [6.45, 7) is 5.53. The molecule has 23 heavy (non-hydrogen) atoms. The molecule has 3 nitrogen and oxygen atoms in total. The Morgan fingerprint density at radius 1 is 1.17 bits per heavy atom. The zero-order chi connectivity index (χ0) is 16.7. The maximum atomic E-state index is 6.20. The normalized spacial score (nSPS) is 12.0. The van der Waals surface area contributed by atoms with Crippen molar-refractivity contribution in [2.45, 2.75) is 32.9 Å². The molecule has 0 aliphatic carbocycles. The third-order valence-electron chi connectivity index (χ3n) is 3.67. The average Bonchev–Trinajstić information content (AvgIpc) is 2.58. The first-order valence-corrected chi connectivity index (χ1v) is 8.31. The molecule has 2 aromatic carbocycles. The van der Waals surface area contributed by atoms with Crippen molar-refractivity contribution in [2.75, 3.05) is 13.7 Å². The van der Waals surface area contributed by atoms with Gasteiger partial charge in [-0.2, -0.15) is 0 Å². The summed E-state index contributed by atoms with van der Waals surface area (Å²) >= 11 is 6.20. The van der Waals surface area contributed by atoms with Gasteiger partial charge in [-0.1, -0.05) is 48.9 Å². The molecule has 0 unspecified atom stereocenters. The molecule has 0 aliphatic heterocycles. The Hall–Kier alpha value is -1.71. The molecule has 0 saturated carbocycles. The Kier molecular flexibility index (Phi) is 6.75. The smallest absolute Gasteiger partial charge is 0.165 e. The molecule has 0 aromatic heterocycles. The van der Waals surface area contributed by atoms with Crippen LogP contribution < -0.4 is 14.8 Å². The zero-order valence-corrected chi connectivity index (χ0v) is 14.7. The van der Waals surface area contributed by atoms with Gasteiger partial charge in [0.2, 0.25) is 0 Å². The number of ether oxygens (including phenoxy) is 2. The van der Waals surface area contributed by atoms with Gasteiger partial charge in [0.25, 0.3) is 0 Å². The summed E-state index contributed by atoms with van der Waals surface area (Å²) < 4.78 is 11.3. The number of halogens is 1. The minimum atomic E-state index is 0.236. The van der Waals surface area contributed by atoms with Crippen LogP contribution in [-0.2, 0) is 6.54 Å². The second-order valence-corrected chi connectivity index (χ2v) is 5.89. The van der Waals surface area contributed by atoms with Crippen LogP contribution in [0.1, 0.15) is 37.4 Å². The van der Waals surface area contributed by atoms with Gasteiger partial charge >= 0.3 is 0 Å². The van der Waals surface area contributed by atoms with Crippen LogP contribution in [0.25, 0.3) is 0 Å². The highest BCUT2D eigenvalue weighted by Crippen LogP contribution is 2.35. The summed E-state index contributed by atoms with van der Waals surface area (Å²) in [5.41, 5.74) is 2.25. The fourth-order valence-corrected chi connectivity index (χ4v) is 2.63. The molecule has 124 valence electrons. The van der Waals surface area contributed by atoms with E-state index in [-0.39, 0.29) is 6.04 Å². The van der Waals surface area contributed by atoms with E-state index in [1.807, 2.05) is 24.3 Å². The molecule has 1 N–H and O–H groups in total. The highest BCUT2D eigenvalue weighted by molar-refractivity contribution is 6.30. The molecule has 0 aliphatic rings. The van der Waals surface area contributed by atoms with Crippen molar-refractivity contribution in [3.05, 3.63) is 58.6 Å². The number of hydrogen-bond donors (Lipinski definition) is 1. The van der Waals surface area contributed by atoms with Crippen molar-refractivity contribution < 1.29 is 9.47 Å². The molecular weight excluding hydrogens is 310 g/mol. The van der Waals surface area contributed by atoms with Crippen molar-refractivity contribution >= 4 is 11.6 Å². The molecule has 0 bridgehead atoms. The van der Waals surface area contributed by atoms with E-state index in [9.17, 15) is 0 Å². The van der Waals surface area contributed by atoms with E-state index in [1.165, 1.54) is 5.56 Å². The minimum absolute atomic E-state index is 0.236. The van der Waals surface area contributed by atoms with E-state index in [1.54, 1.807) is 13.2 Å². The lowest BCUT2D eigenvalue weighted by Gasteiger charge is -2.18. The molecule has 0 heterocycles. The van der Waals surface area contributed by atoms with Crippen molar-refractivity contribution in [3.8, 4) is 11.5 Å². The van der Waals surface area contributed by atoms with E-state index in [2.05, 4.69) is 31.3 Å². The number of benzene rings is 2.